The molecule has 0 radical (unpaired) electrons. The topological polar surface area (TPSA) is 55.6 Å². The summed E-state index contributed by atoms with van der Waals surface area (Å²) < 4.78 is 1.82. The normalized spacial score (nSPS) is 11.6. The molecule has 0 aliphatic rings. The molecule has 0 aromatic carbocycles. The Kier molecular flexibility index (Phi) is 3.55. The molecule has 5 heteroatoms. The Morgan fingerprint density at radius 1 is 1.32 bits per heavy atom. The molecule has 0 unspecified atom stereocenters. The predicted octanol–water partition coefficient (Wildman–Crippen LogP) is 2.61. The van der Waals surface area contributed by atoms with Crippen LogP contribution >= 0.6 is 0 Å². The van der Waals surface area contributed by atoms with E-state index in [1.165, 1.54) is 0 Å². The van der Waals surface area contributed by atoms with Crippen molar-refractivity contribution in [3.63, 3.8) is 0 Å². The molecule has 2 rings (SSSR count). The maximum Gasteiger partial charge on any atom is 0.164 e. The lowest BCUT2D eigenvalue weighted by Crippen LogP contribution is -2.14. The Morgan fingerprint density at radius 2 is 2.05 bits per heavy atom. The molecule has 0 aliphatic carbocycles. The summed E-state index contributed by atoms with van der Waals surface area (Å²) in [5.74, 6) is 1.56. The molecular formula is C14H21N5. The van der Waals surface area contributed by atoms with E-state index in [4.69, 9.17) is 0 Å². The Bertz CT molecular complexity index is 565. The molecule has 0 bridgehead atoms. The molecule has 0 saturated carbocycles. The number of nitrogens with one attached hydrogen (secondary N) is 1. The third-order valence-corrected chi connectivity index (χ3v) is 2.79. The molecule has 2 aromatic heterocycles. The van der Waals surface area contributed by atoms with Crippen molar-refractivity contribution < 1.29 is 0 Å². The number of aromatic nitrogens is 4. The fraction of sp³-hybridized carbons (Fsp3) is 0.500. The molecule has 102 valence electrons. The van der Waals surface area contributed by atoms with E-state index in [0.717, 1.165) is 29.4 Å². The second kappa shape index (κ2) is 4.99. The Labute approximate surface area is 114 Å². The van der Waals surface area contributed by atoms with E-state index in [0.29, 0.717) is 0 Å². The molecule has 0 saturated heterocycles. The summed E-state index contributed by atoms with van der Waals surface area (Å²) in [6, 6.07) is 1.88. The van der Waals surface area contributed by atoms with Crippen molar-refractivity contribution in [3.05, 3.63) is 24.2 Å². The zero-order valence-corrected chi connectivity index (χ0v) is 12.2. The van der Waals surface area contributed by atoms with Crippen molar-refractivity contribution >= 4 is 5.82 Å². The van der Waals surface area contributed by atoms with Gasteiger partial charge in [0.2, 0.25) is 0 Å². The van der Waals surface area contributed by atoms with Crippen LogP contribution in [0.4, 0.5) is 5.82 Å². The SMILES string of the molecule is CCNc1ccnc(-c2cn(C)nc2C(C)(C)C)n1. The second-order valence-electron chi connectivity index (χ2n) is 5.61. The fourth-order valence-electron chi connectivity index (χ4n) is 1.97. The van der Waals surface area contributed by atoms with Gasteiger partial charge in [-0.05, 0) is 13.0 Å². The van der Waals surface area contributed by atoms with Crippen LogP contribution in [0.25, 0.3) is 11.4 Å². The van der Waals surface area contributed by atoms with Gasteiger partial charge in [-0.3, -0.25) is 4.68 Å². The minimum absolute atomic E-state index is 0.0336. The smallest absolute Gasteiger partial charge is 0.164 e. The van der Waals surface area contributed by atoms with Crippen LogP contribution in [0.15, 0.2) is 18.5 Å². The first kappa shape index (κ1) is 13.5. The monoisotopic (exact) mass is 259 g/mol. The van der Waals surface area contributed by atoms with E-state index in [-0.39, 0.29) is 5.41 Å². The number of hydrogen-bond acceptors (Lipinski definition) is 4. The average Bonchev–Trinajstić information content (AvgIpc) is 2.72. The first-order valence-corrected chi connectivity index (χ1v) is 6.53. The second-order valence-corrected chi connectivity index (χ2v) is 5.61. The first-order valence-electron chi connectivity index (χ1n) is 6.53. The maximum absolute atomic E-state index is 4.55. The Morgan fingerprint density at radius 3 is 2.68 bits per heavy atom. The van der Waals surface area contributed by atoms with Crippen molar-refractivity contribution in [1.29, 1.82) is 0 Å². The number of aryl methyl sites for hydroxylation is 1. The van der Waals surface area contributed by atoms with E-state index in [9.17, 15) is 0 Å². The molecule has 0 aliphatic heterocycles. The lowest BCUT2D eigenvalue weighted by atomic mass is 9.89. The zero-order chi connectivity index (χ0) is 14.0. The van der Waals surface area contributed by atoms with Crippen LogP contribution in [-0.4, -0.2) is 26.3 Å². The van der Waals surface area contributed by atoms with Crippen molar-refractivity contribution in [2.24, 2.45) is 7.05 Å². The highest BCUT2D eigenvalue weighted by Gasteiger charge is 2.24. The van der Waals surface area contributed by atoms with Crippen LogP contribution in [0.5, 0.6) is 0 Å². The van der Waals surface area contributed by atoms with E-state index >= 15 is 0 Å². The van der Waals surface area contributed by atoms with Gasteiger partial charge in [0.1, 0.15) is 5.82 Å². The van der Waals surface area contributed by atoms with Gasteiger partial charge in [-0.1, -0.05) is 20.8 Å². The molecule has 0 spiro atoms. The minimum Gasteiger partial charge on any atom is -0.370 e. The molecule has 2 aromatic rings. The lowest BCUT2D eigenvalue weighted by molar-refractivity contribution is 0.554. The summed E-state index contributed by atoms with van der Waals surface area (Å²) in [6.45, 7) is 9.33. The highest BCUT2D eigenvalue weighted by atomic mass is 15.3. The van der Waals surface area contributed by atoms with Gasteiger partial charge in [0.25, 0.3) is 0 Å². The third-order valence-electron chi connectivity index (χ3n) is 2.79. The van der Waals surface area contributed by atoms with Gasteiger partial charge in [-0.25, -0.2) is 9.97 Å². The van der Waals surface area contributed by atoms with Gasteiger partial charge in [-0.15, -0.1) is 0 Å². The molecular weight excluding hydrogens is 238 g/mol. The molecule has 0 fully saturated rings. The first-order chi connectivity index (χ1) is 8.91. The van der Waals surface area contributed by atoms with Crippen LogP contribution in [-0.2, 0) is 12.5 Å². The third kappa shape index (κ3) is 2.92. The van der Waals surface area contributed by atoms with E-state index in [1.807, 2.05) is 30.9 Å². The summed E-state index contributed by atoms with van der Waals surface area (Å²) in [5.41, 5.74) is 1.98. The summed E-state index contributed by atoms with van der Waals surface area (Å²) in [5, 5.41) is 7.75. The Balaban J connectivity index is 2.49. The molecule has 19 heavy (non-hydrogen) atoms. The van der Waals surface area contributed by atoms with Crippen LogP contribution < -0.4 is 5.32 Å². The van der Waals surface area contributed by atoms with Gasteiger partial charge in [-0.2, -0.15) is 5.10 Å². The Hall–Kier alpha value is -1.91. The summed E-state index contributed by atoms with van der Waals surface area (Å²) in [7, 11) is 1.92. The van der Waals surface area contributed by atoms with E-state index < -0.39 is 0 Å². The number of nitrogens with zero attached hydrogens (tertiary/aromatic N) is 4. The predicted molar refractivity (Wildman–Crippen MR) is 77.1 cm³/mol. The quantitative estimate of drug-likeness (QED) is 0.920. The lowest BCUT2D eigenvalue weighted by Gasteiger charge is -2.17. The van der Waals surface area contributed by atoms with Gasteiger partial charge in [0, 0.05) is 31.4 Å². The zero-order valence-electron chi connectivity index (χ0n) is 12.2. The van der Waals surface area contributed by atoms with E-state index in [1.54, 1.807) is 6.20 Å². The van der Waals surface area contributed by atoms with Crippen molar-refractivity contribution in [2.75, 3.05) is 11.9 Å². The largest absolute Gasteiger partial charge is 0.370 e. The van der Waals surface area contributed by atoms with Crippen LogP contribution in [0.3, 0.4) is 0 Å². The number of anilines is 1. The molecule has 5 nitrogen and oxygen atoms in total. The van der Waals surface area contributed by atoms with Gasteiger partial charge in [0.05, 0.1) is 11.3 Å². The molecule has 2 heterocycles. The van der Waals surface area contributed by atoms with Crippen molar-refractivity contribution in [3.8, 4) is 11.4 Å². The fourth-order valence-corrected chi connectivity index (χ4v) is 1.97. The van der Waals surface area contributed by atoms with Gasteiger partial charge in [0.15, 0.2) is 5.82 Å². The summed E-state index contributed by atoms with van der Waals surface area (Å²) >= 11 is 0. The van der Waals surface area contributed by atoms with Crippen molar-refractivity contribution in [2.45, 2.75) is 33.1 Å². The van der Waals surface area contributed by atoms with Gasteiger partial charge >= 0.3 is 0 Å². The highest BCUT2D eigenvalue weighted by Crippen LogP contribution is 2.30. The number of hydrogen-bond donors (Lipinski definition) is 1. The maximum atomic E-state index is 4.55. The van der Waals surface area contributed by atoms with Gasteiger partial charge < -0.3 is 5.32 Å². The minimum atomic E-state index is -0.0336. The highest BCUT2D eigenvalue weighted by molar-refractivity contribution is 5.60. The summed E-state index contributed by atoms with van der Waals surface area (Å²) in [4.78, 5) is 8.92. The van der Waals surface area contributed by atoms with Crippen molar-refractivity contribution in [1.82, 2.24) is 19.7 Å². The van der Waals surface area contributed by atoms with Crippen LogP contribution in [0.1, 0.15) is 33.4 Å². The molecule has 1 N–H and O–H groups in total. The van der Waals surface area contributed by atoms with Crippen LogP contribution in [0.2, 0.25) is 0 Å². The number of rotatable bonds is 3. The molecule has 0 atom stereocenters. The molecule has 0 amide bonds. The standard InChI is InChI=1S/C14H21N5/c1-6-15-11-7-8-16-13(17-11)10-9-19(5)18-12(10)14(2,3)4/h7-9H,6H2,1-5H3,(H,15,16,17). The summed E-state index contributed by atoms with van der Waals surface area (Å²) in [6.07, 6.45) is 3.76. The van der Waals surface area contributed by atoms with E-state index in [2.05, 4.69) is 41.2 Å². The van der Waals surface area contributed by atoms with Crippen LogP contribution in [0, 0.1) is 0 Å². The average molecular weight is 259 g/mol.